The van der Waals surface area contributed by atoms with Gasteiger partial charge in [-0.15, -0.1) is 0 Å². The van der Waals surface area contributed by atoms with E-state index in [0.29, 0.717) is 55.2 Å². The minimum Gasteiger partial charge on any atom is -0.389 e. The number of hydrogen-bond acceptors (Lipinski definition) is 9. The van der Waals surface area contributed by atoms with Crippen LogP contribution >= 0.6 is 0 Å². The van der Waals surface area contributed by atoms with Crippen LogP contribution in [0.15, 0.2) is 48.0 Å². The SMILES string of the molecule is CC(C)(O)Cn1cc(-c2nc(NC3CCN(S(=O)(=O)c4ccccn4)CC3)ncc2C#N)cn1. The number of rotatable bonds is 7. The highest BCUT2D eigenvalue weighted by molar-refractivity contribution is 7.89. The third-order valence-corrected chi connectivity index (χ3v) is 7.21. The molecule has 12 heteroatoms. The summed E-state index contributed by atoms with van der Waals surface area (Å²) in [6, 6.07) is 6.91. The lowest BCUT2D eigenvalue weighted by Gasteiger charge is -2.31. The van der Waals surface area contributed by atoms with Crippen LogP contribution in [0.3, 0.4) is 0 Å². The van der Waals surface area contributed by atoms with E-state index in [9.17, 15) is 18.8 Å². The van der Waals surface area contributed by atoms with Crippen LogP contribution in [0.5, 0.6) is 0 Å². The Morgan fingerprint density at radius 2 is 2.00 bits per heavy atom. The maximum Gasteiger partial charge on any atom is 0.260 e. The highest BCUT2D eigenvalue weighted by atomic mass is 32.2. The van der Waals surface area contributed by atoms with Crippen LogP contribution in [-0.2, 0) is 16.6 Å². The van der Waals surface area contributed by atoms with Crippen LogP contribution < -0.4 is 5.32 Å². The standard InChI is InChI=1S/C22H26N8O3S/c1-22(2,31)15-29-14-17(13-26-29)20-16(11-23)12-25-21(28-20)27-18-6-9-30(10-7-18)34(32,33)19-5-3-4-8-24-19/h3-5,8,12-14,18,31H,6-7,9-10,15H2,1-2H3,(H,25,27,28). The zero-order valence-electron chi connectivity index (χ0n) is 19.0. The van der Waals surface area contributed by atoms with Crippen LogP contribution in [0.25, 0.3) is 11.3 Å². The molecule has 4 heterocycles. The van der Waals surface area contributed by atoms with Crippen molar-refractivity contribution in [3.8, 4) is 17.3 Å². The minimum atomic E-state index is -3.62. The second kappa shape index (κ2) is 9.46. The molecule has 0 aliphatic carbocycles. The third-order valence-electron chi connectivity index (χ3n) is 5.39. The van der Waals surface area contributed by atoms with Crippen LogP contribution in [0.1, 0.15) is 32.3 Å². The van der Waals surface area contributed by atoms with Gasteiger partial charge in [-0.2, -0.15) is 14.7 Å². The van der Waals surface area contributed by atoms with Crippen molar-refractivity contribution in [2.45, 2.75) is 49.9 Å². The average Bonchev–Trinajstić information content (AvgIpc) is 3.26. The summed E-state index contributed by atoms with van der Waals surface area (Å²) < 4.78 is 28.6. The fraction of sp³-hybridized carbons (Fsp3) is 0.409. The molecule has 1 aliphatic rings. The number of sulfonamides is 1. The number of hydrogen-bond donors (Lipinski definition) is 2. The molecule has 0 atom stereocenters. The molecule has 0 unspecified atom stereocenters. The second-order valence-electron chi connectivity index (χ2n) is 8.80. The van der Waals surface area contributed by atoms with E-state index in [4.69, 9.17) is 0 Å². The molecule has 1 fully saturated rings. The van der Waals surface area contributed by atoms with Gasteiger partial charge in [0.05, 0.1) is 35.8 Å². The number of nitriles is 1. The van der Waals surface area contributed by atoms with Gasteiger partial charge in [0, 0.05) is 37.1 Å². The molecule has 2 N–H and O–H groups in total. The van der Waals surface area contributed by atoms with Gasteiger partial charge in [-0.3, -0.25) is 4.68 Å². The molecule has 1 aliphatic heterocycles. The third kappa shape index (κ3) is 5.39. The molecule has 0 aromatic carbocycles. The highest BCUT2D eigenvalue weighted by Gasteiger charge is 2.30. The number of nitrogens with one attached hydrogen (secondary N) is 1. The summed E-state index contributed by atoms with van der Waals surface area (Å²) in [5.74, 6) is 0.357. The van der Waals surface area contributed by atoms with Crippen molar-refractivity contribution in [1.82, 2.24) is 29.0 Å². The number of nitrogens with zero attached hydrogens (tertiary/aromatic N) is 7. The highest BCUT2D eigenvalue weighted by Crippen LogP contribution is 2.24. The molecule has 1 saturated heterocycles. The first-order valence-corrected chi connectivity index (χ1v) is 12.3. The monoisotopic (exact) mass is 482 g/mol. The first kappa shape index (κ1) is 23.7. The van der Waals surface area contributed by atoms with Crippen molar-refractivity contribution in [1.29, 1.82) is 5.26 Å². The summed E-state index contributed by atoms with van der Waals surface area (Å²) in [5, 5.41) is 27.1. The summed E-state index contributed by atoms with van der Waals surface area (Å²) in [4.78, 5) is 12.8. The Morgan fingerprint density at radius 3 is 2.65 bits per heavy atom. The first-order chi connectivity index (χ1) is 16.2. The van der Waals surface area contributed by atoms with Crippen molar-refractivity contribution in [2.75, 3.05) is 18.4 Å². The van der Waals surface area contributed by atoms with Gasteiger partial charge in [0.1, 0.15) is 6.07 Å². The molecule has 0 amide bonds. The predicted octanol–water partition coefficient (Wildman–Crippen LogP) is 1.64. The molecule has 3 aromatic rings. The molecule has 11 nitrogen and oxygen atoms in total. The molecule has 178 valence electrons. The topological polar surface area (TPSA) is 150 Å². The summed E-state index contributed by atoms with van der Waals surface area (Å²) in [6.45, 7) is 4.38. The van der Waals surface area contributed by atoms with Gasteiger partial charge in [0.25, 0.3) is 10.0 Å². The van der Waals surface area contributed by atoms with E-state index in [1.54, 1.807) is 43.1 Å². The maximum atomic E-state index is 12.8. The molecule has 34 heavy (non-hydrogen) atoms. The molecule has 3 aromatic heterocycles. The van der Waals surface area contributed by atoms with Crippen LogP contribution in [0.2, 0.25) is 0 Å². The van der Waals surface area contributed by atoms with E-state index in [2.05, 4.69) is 31.4 Å². The minimum absolute atomic E-state index is 0.0196. The van der Waals surface area contributed by atoms with E-state index in [1.807, 2.05) is 0 Å². The van der Waals surface area contributed by atoms with Crippen molar-refractivity contribution >= 4 is 16.0 Å². The summed E-state index contributed by atoms with van der Waals surface area (Å²) in [6.07, 6.45) is 7.40. The second-order valence-corrected chi connectivity index (χ2v) is 10.7. The molecule has 0 radical (unpaired) electrons. The van der Waals surface area contributed by atoms with Crippen LogP contribution in [0.4, 0.5) is 5.95 Å². The fourth-order valence-corrected chi connectivity index (χ4v) is 5.18. The first-order valence-electron chi connectivity index (χ1n) is 10.9. The Kier molecular flexibility index (Phi) is 6.60. The van der Waals surface area contributed by atoms with E-state index >= 15 is 0 Å². The van der Waals surface area contributed by atoms with Crippen LogP contribution in [0, 0.1) is 11.3 Å². The van der Waals surface area contributed by atoms with Gasteiger partial charge in [-0.05, 0) is 38.8 Å². The Bertz CT molecular complexity index is 1290. The molecule has 0 spiro atoms. The van der Waals surface area contributed by atoms with Gasteiger partial charge in [-0.25, -0.2) is 23.4 Å². The van der Waals surface area contributed by atoms with Gasteiger partial charge < -0.3 is 10.4 Å². The lowest BCUT2D eigenvalue weighted by atomic mass is 10.1. The van der Waals surface area contributed by atoms with E-state index in [0.717, 1.165) is 0 Å². The maximum absolute atomic E-state index is 12.8. The fourth-order valence-electron chi connectivity index (χ4n) is 3.78. The van der Waals surface area contributed by atoms with Crippen LogP contribution in [-0.4, -0.2) is 67.3 Å². The quantitative estimate of drug-likeness (QED) is 0.512. The zero-order chi connectivity index (χ0) is 24.3. The van der Waals surface area contributed by atoms with E-state index in [-0.39, 0.29) is 11.1 Å². The number of aromatic nitrogens is 5. The van der Waals surface area contributed by atoms with Gasteiger partial charge >= 0.3 is 0 Å². The normalized spacial score (nSPS) is 15.7. The van der Waals surface area contributed by atoms with Gasteiger partial charge in [0.15, 0.2) is 5.03 Å². The van der Waals surface area contributed by atoms with E-state index < -0.39 is 15.6 Å². The molecule has 0 bridgehead atoms. The van der Waals surface area contributed by atoms with Crippen molar-refractivity contribution in [3.63, 3.8) is 0 Å². The van der Waals surface area contributed by atoms with Crippen molar-refractivity contribution in [3.05, 3.63) is 48.5 Å². The molecular weight excluding hydrogens is 456 g/mol. The smallest absolute Gasteiger partial charge is 0.260 e. The van der Waals surface area contributed by atoms with Crippen molar-refractivity contribution in [2.24, 2.45) is 0 Å². The Labute approximate surface area is 198 Å². The molecule has 4 rings (SSSR count). The number of aliphatic hydroxyl groups is 1. The lowest BCUT2D eigenvalue weighted by Crippen LogP contribution is -2.42. The Balaban J connectivity index is 1.45. The average molecular weight is 483 g/mol. The van der Waals surface area contributed by atoms with Gasteiger partial charge in [0.2, 0.25) is 5.95 Å². The largest absolute Gasteiger partial charge is 0.389 e. The molecular formula is C22H26N8O3S. The zero-order valence-corrected chi connectivity index (χ0v) is 19.8. The van der Waals surface area contributed by atoms with Gasteiger partial charge in [-0.1, -0.05) is 6.07 Å². The lowest BCUT2D eigenvalue weighted by molar-refractivity contribution is 0.0577. The Hall–Kier alpha value is -3.40. The summed E-state index contributed by atoms with van der Waals surface area (Å²) in [5.41, 5.74) is 0.461. The number of anilines is 1. The Morgan fingerprint density at radius 1 is 1.24 bits per heavy atom. The predicted molar refractivity (Wildman–Crippen MR) is 124 cm³/mol. The number of piperidine rings is 1. The van der Waals surface area contributed by atoms with Crippen molar-refractivity contribution < 1.29 is 13.5 Å². The molecule has 0 saturated carbocycles. The summed E-state index contributed by atoms with van der Waals surface area (Å²) >= 11 is 0. The summed E-state index contributed by atoms with van der Waals surface area (Å²) in [7, 11) is -3.62. The van der Waals surface area contributed by atoms with E-state index in [1.165, 1.54) is 22.8 Å². The number of pyridine rings is 1.